The number of rotatable bonds is 7. The van der Waals surface area contributed by atoms with E-state index in [-0.39, 0.29) is 0 Å². The molecule has 2 aliphatic heterocycles. The molecule has 0 aliphatic carbocycles. The van der Waals surface area contributed by atoms with E-state index in [1.165, 1.54) is 64.0 Å². The molecule has 0 radical (unpaired) electrons. The summed E-state index contributed by atoms with van der Waals surface area (Å²) < 4.78 is 10.8. The van der Waals surface area contributed by atoms with Gasteiger partial charge in [0.15, 0.2) is 0 Å². The number of hydrogen-bond donors (Lipinski definition) is 1. The van der Waals surface area contributed by atoms with Gasteiger partial charge in [0.1, 0.15) is 11.5 Å². The number of methoxy groups -OCH3 is 2. The van der Waals surface area contributed by atoms with Crippen LogP contribution in [0.25, 0.3) is 0 Å². The second-order valence-corrected chi connectivity index (χ2v) is 8.22. The van der Waals surface area contributed by atoms with Crippen molar-refractivity contribution in [3.63, 3.8) is 0 Å². The summed E-state index contributed by atoms with van der Waals surface area (Å²) in [7, 11) is 3.43. The number of likely N-dealkylation sites (tertiary alicyclic amines) is 1. The average molecular weight is 347 g/mol. The second-order valence-electron chi connectivity index (χ2n) is 8.22. The molecule has 2 aliphatic rings. The van der Waals surface area contributed by atoms with Crippen molar-refractivity contribution in [2.24, 2.45) is 11.3 Å². The Morgan fingerprint density at radius 2 is 1.80 bits per heavy atom. The number of nitrogens with zero attached hydrogens (tertiary/aromatic N) is 1. The van der Waals surface area contributed by atoms with Crippen LogP contribution in [0.4, 0.5) is 0 Å². The molecule has 140 valence electrons. The summed E-state index contributed by atoms with van der Waals surface area (Å²) in [6, 6.07) is 6.23. The molecule has 0 aromatic heterocycles. The van der Waals surface area contributed by atoms with Gasteiger partial charge in [0.2, 0.25) is 0 Å². The molecule has 2 fully saturated rings. The van der Waals surface area contributed by atoms with Gasteiger partial charge in [-0.2, -0.15) is 0 Å². The van der Waals surface area contributed by atoms with Crippen molar-refractivity contribution in [3.8, 4) is 11.5 Å². The van der Waals surface area contributed by atoms with E-state index >= 15 is 0 Å². The van der Waals surface area contributed by atoms with Crippen LogP contribution >= 0.6 is 0 Å². The van der Waals surface area contributed by atoms with Gasteiger partial charge in [-0.1, -0.05) is 6.92 Å². The normalized spacial score (nSPS) is 25.2. The summed E-state index contributed by atoms with van der Waals surface area (Å²) in [6.07, 6.45) is 6.38. The lowest BCUT2D eigenvalue weighted by Crippen LogP contribution is -2.42. The van der Waals surface area contributed by atoms with E-state index in [0.717, 1.165) is 23.8 Å². The van der Waals surface area contributed by atoms with Crippen molar-refractivity contribution in [3.05, 3.63) is 23.8 Å². The van der Waals surface area contributed by atoms with Gasteiger partial charge in [-0.05, 0) is 80.8 Å². The van der Waals surface area contributed by atoms with Gasteiger partial charge >= 0.3 is 0 Å². The van der Waals surface area contributed by atoms with Crippen LogP contribution < -0.4 is 14.8 Å². The first-order valence-corrected chi connectivity index (χ1v) is 9.75. The Hall–Kier alpha value is -1.26. The van der Waals surface area contributed by atoms with Gasteiger partial charge < -0.3 is 19.7 Å². The van der Waals surface area contributed by atoms with Crippen molar-refractivity contribution in [1.82, 2.24) is 10.2 Å². The second kappa shape index (κ2) is 8.41. The summed E-state index contributed by atoms with van der Waals surface area (Å²) in [5, 5.41) is 3.52. The molecule has 2 heterocycles. The van der Waals surface area contributed by atoms with Gasteiger partial charge in [-0.15, -0.1) is 0 Å². The minimum Gasteiger partial charge on any atom is -0.497 e. The van der Waals surface area contributed by atoms with Crippen molar-refractivity contribution >= 4 is 0 Å². The zero-order valence-corrected chi connectivity index (χ0v) is 16.1. The molecule has 0 bridgehead atoms. The summed E-state index contributed by atoms with van der Waals surface area (Å²) in [5.74, 6) is 2.63. The zero-order chi connectivity index (χ0) is 17.7. The molecule has 2 saturated heterocycles. The molecule has 1 aromatic rings. The first-order valence-electron chi connectivity index (χ1n) is 9.75. The first-order chi connectivity index (χ1) is 12.1. The molecule has 4 heteroatoms. The monoisotopic (exact) mass is 346 g/mol. The molecule has 1 aromatic carbocycles. The Kier molecular flexibility index (Phi) is 6.24. The summed E-state index contributed by atoms with van der Waals surface area (Å²) in [5.41, 5.74) is 1.81. The SMILES string of the molecule is COc1cc(CCC2CCN(CC3(C)CCNC3)CC2)cc(OC)c1. The predicted octanol–water partition coefficient (Wildman–Crippen LogP) is 3.35. The fourth-order valence-electron chi connectivity index (χ4n) is 4.36. The lowest BCUT2D eigenvalue weighted by Gasteiger charge is -2.37. The van der Waals surface area contributed by atoms with Gasteiger partial charge in [0.05, 0.1) is 14.2 Å². The number of benzene rings is 1. The summed E-state index contributed by atoms with van der Waals surface area (Å²) in [4.78, 5) is 2.69. The smallest absolute Gasteiger partial charge is 0.122 e. The number of nitrogens with one attached hydrogen (secondary N) is 1. The van der Waals surface area contributed by atoms with Crippen LogP contribution in [-0.4, -0.2) is 51.8 Å². The van der Waals surface area contributed by atoms with Crippen LogP contribution in [0.15, 0.2) is 18.2 Å². The molecule has 0 saturated carbocycles. The van der Waals surface area contributed by atoms with E-state index in [4.69, 9.17) is 9.47 Å². The third-order valence-corrected chi connectivity index (χ3v) is 6.02. The van der Waals surface area contributed by atoms with E-state index in [2.05, 4.69) is 29.3 Å². The van der Waals surface area contributed by atoms with Crippen LogP contribution in [0.1, 0.15) is 38.2 Å². The topological polar surface area (TPSA) is 33.7 Å². The molecule has 4 nitrogen and oxygen atoms in total. The highest BCUT2D eigenvalue weighted by Crippen LogP contribution is 2.30. The molecule has 1 unspecified atom stereocenters. The molecule has 1 N–H and O–H groups in total. The van der Waals surface area contributed by atoms with E-state index in [1.807, 2.05) is 6.07 Å². The molecular formula is C21H34N2O2. The average Bonchev–Trinajstić information content (AvgIpc) is 3.06. The molecule has 0 spiro atoms. The van der Waals surface area contributed by atoms with E-state index in [9.17, 15) is 0 Å². The Morgan fingerprint density at radius 3 is 2.36 bits per heavy atom. The van der Waals surface area contributed by atoms with Crippen molar-refractivity contribution in [2.75, 3.05) is 46.9 Å². The standard InChI is InChI=1S/C21H34N2O2/c1-21(8-9-22-15-21)16-23-10-6-17(7-11-23)4-5-18-12-19(24-2)14-20(13-18)25-3/h12-14,17,22H,4-11,15-16H2,1-3H3. The summed E-state index contributed by atoms with van der Waals surface area (Å²) in [6.45, 7) is 8.61. The summed E-state index contributed by atoms with van der Waals surface area (Å²) >= 11 is 0. The minimum atomic E-state index is 0.490. The zero-order valence-electron chi connectivity index (χ0n) is 16.1. The van der Waals surface area contributed by atoms with Crippen molar-refractivity contribution in [2.45, 2.75) is 39.0 Å². The largest absolute Gasteiger partial charge is 0.497 e. The van der Waals surface area contributed by atoms with Gasteiger partial charge in [-0.25, -0.2) is 0 Å². The molecular weight excluding hydrogens is 312 g/mol. The molecule has 0 amide bonds. The fourth-order valence-corrected chi connectivity index (χ4v) is 4.36. The molecule has 3 rings (SSSR count). The van der Waals surface area contributed by atoms with Gasteiger partial charge in [0, 0.05) is 19.2 Å². The third-order valence-electron chi connectivity index (χ3n) is 6.02. The quantitative estimate of drug-likeness (QED) is 0.821. The van der Waals surface area contributed by atoms with Gasteiger partial charge in [-0.3, -0.25) is 0 Å². The molecule has 1 atom stereocenters. The maximum absolute atomic E-state index is 5.38. The van der Waals surface area contributed by atoms with E-state index in [0.29, 0.717) is 5.41 Å². The third kappa shape index (κ3) is 5.11. The number of ether oxygens (including phenoxy) is 2. The van der Waals surface area contributed by atoms with Gasteiger partial charge in [0.25, 0.3) is 0 Å². The fraction of sp³-hybridized carbons (Fsp3) is 0.714. The maximum Gasteiger partial charge on any atom is 0.122 e. The van der Waals surface area contributed by atoms with Crippen LogP contribution in [0.3, 0.4) is 0 Å². The lowest BCUT2D eigenvalue weighted by molar-refractivity contribution is 0.125. The van der Waals surface area contributed by atoms with Crippen LogP contribution in [0.2, 0.25) is 0 Å². The van der Waals surface area contributed by atoms with Crippen molar-refractivity contribution < 1.29 is 9.47 Å². The molecule has 25 heavy (non-hydrogen) atoms. The van der Waals surface area contributed by atoms with Crippen LogP contribution in [-0.2, 0) is 6.42 Å². The Balaban J connectivity index is 1.45. The van der Waals surface area contributed by atoms with Crippen LogP contribution in [0.5, 0.6) is 11.5 Å². The number of piperidine rings is 1. The first kappa shape index (κ1) is 18.5. The highest BCUT2D eigenvalue weighted by atomic mass is 16.5. The highest BCUT2D eigenvalue weighted by Gasteiger charge is 2.31. The predicted molar refractivity (Wildman–Crippen MR) is 103 cm³/mol. The lowest BCUT2D eigenvalue weighted by atomic mass is 9.86. The minimum absolute atomic E-state index is 0.490. The van der Waals surface area contributed by atoms with E-state index in [1.54, 1.807) is 14.2 Å². The number of aryl methyl sites for hydroxylation is 1. The Labute approximate surface area is 152 Å². The Morgan fingerprint density at radius 1 is 1.12 bits per heavy atom. The Bertz CT molecular complexity index is 525. The van der Waals surface area contributed by atoms with Crippen LogP contribution in [0, 0.1) is 11.3 Å². The number of hydrogen-bond acceptors (Lipinski definition) is 4. The van der Waals surface area contributed by atoms with Crippen molar-refractivity contribution in [1.29, 1.82) is 0 Å². The maximum atomic E-state index is 5.38. The van der Waals surface area contributed by atoms with E-state index < -0.39 is 0 Å². The highest BCUT2D eigenvalue weighted by molar-refractivity contribution is 5.38.